The highest BCUT2D eigenvalue weighted by molar-refractivity contribution is 6.10. The number of benzene rings is 8. The molecule has 0 saturated heterocycles. The van der Waals surface area contributed by atoms with Crippen LogP contribution in [0.1, 0.15) is 0 Å². The molecule has 11 aromatic rings. The first-order chi connectivity index (χ1) is 27.8. The Morgan fingerprint density at radius 1 is 0.250 bits per heavy atom. The van der Waals surface area contributed by atoms with Crippen LogP contribution in [0.2, 0.25) is 0 Å². The molecular weight excluding hydrogens is 683 g/mol. The molecule has 5 nitrogen and oxygen atoms in total. The summed E-state index contributed by atoms with van der Waals surface area (Å²) in [5.41, 5.74) is 12.0. The molecule has 0 unspecified atom stereocenters. The van der Waals surface area contributed by atoms with Crippen LogP contribution in [-0.2, 0) is 0 Å². The van der Waals surface area contributed by atoms with Gasteiger partial charge in [0.2, 0.25) is 11.9 Å². The number of aromatic nitrogens is 5. The summed E-state index contributed by atoms with van der Waals surface area (Å²) in [7, 11) is 0. The van der Waals surface area contributed by atoms with E-state index in [4.69, 9.17) is 15.0 Å². The van der Waals surface area contributed by atoms with E-state index in [0.29, 0.717) is 17.7 Å². The predicted molar refractivity (Wildman–Crippen MR) is 230 cm³/mol. The van der Waals surface area contributed by atoms with Crippen molar-refractivity contribution in [3.05, 3.63) is 200 Å². The van der Waals surface area contributed by atoms with Gasteiger partial charge >= 0.3 is 0 Å². The number of hydrogen-bond donors (Lipinski definition) is 0. The minimum Gasteiger partial charge on any atom is -0.278 e. The third-order valence-electron chi connectivity index (χ3n) is 10.9. The Labute approximate surface area is 323 Å². The molecular formula is C51H33N5. The molecule has 56 heavy (non-hydrogen) atoms. The van der Waals surface area contributed by atoms with Crippen LogP contribution in [0.4, 0.5) is 0 Å². The van der Waals surface area contributed by atoms with Gasteiger partial charge in [0, 0.05) is 27.1 Å². The molecule has 0 N–H and O–H groups in total. The van der Waals surface area contributed by atoms with Crippen molar-refractivity contribution in [1.82, 2.24) is 24.1 Å². The average molecular weight is 716 g/mol. The van der Waals surface area contributed by atoms with Crippen LogP contribution < -0.4 is 0 Å². The fourth-order valence-electron chi connectivity index (χ4n) is 8.21. The average Bonchev–Trinajstić information content (AvgIpc) is 3.80. The number of hydrogen-bond acceptors (Lipinski definition) is 3. The zero-order valence-corrected chi connectivity index (χ0v) is 30.3. The quantitative estimate of drug-likeness (QED) is 0.172. The van der Waals surface area contributed by atoms with Gasteiger partial charge in [0.15, 0.2) is 5.82 Å². The first kappa shape index (κ1) is 31.9. The van der Waals surface area contributed by atoms with Gasteiger partial charge in [0.05, 0.1) is 22.1 Å². The normalized spacial score (nSPS) is 11.6. The maximum absolute atomic E-state index is 5.33. The highest BCUT2D eigenvalue weighted by Crippen LogP contribution is 2.37. The lowest BCUT2D eigenvalue weighted by molar-refractivity contribution is 0.893. The first-order valence-electron chi connectivity index (χ1n) is 18.9. The summed E-state index contributed by atoms with van der Waals surface area (Å²) >= 11 is 0. The van der Waals surface area contributed by atoms with Crippen LogP contribution in [0.15, 0.2) is 200 Å². The number of fused-ring (bicyclic) bond motifs is 6. The highest BCUT2D eigenvalue weighted by Gasteiger charge is 2.21. The van der Waals surface area contributed by atoms with E-state index in [1.807, 2.05) is 6.07 Å². The lowest BCUT2D eigenvalue weighted by Gasteiger charge is -2.14. The van der Waals surface area contributed by atoms with E-state index in [9.17, 15) is 0 Å². The summed E-state index contributed by atoms with van der Waals surface area (Å²) in [5, 5.41) is 4.61. The van der Waals surface area contributed by atoms with Crippen molar-refractivity contribution in [1.29, 1.82) is 0 Å². The van der Waals surface area contributed by atoms with Crippen molar-refractivity contribution in [3.63, 3.8) is 0 Å². The molecule has 0 spiro atoms. The standard InChI is InChI=1S/C51H33N5/c1-2-14-34(15-3-1)35-26-28-36(29-27-35)37-30-32-38(33-31-37)39-16-4-5-21-44(39)49-52-50(55-45-22-10-6-17-40(45)41-18-7-11-23-46(41)55)54-51(53-49)56-47-24-12-8-19-42(47)43-20-9-13-25-48(43)56/h1-33H. The second-order valence-corrected chi connectivity index (χ2v) is 14.1. The van der Waals surface area contributed by atoms with Gasteiger partial charge in [0.25, 0.3) is 0 Å². The van der Waals surface area contributed by atoms with Gasteiger partial charge in [0.1, 0.15) is 0 Å². The summed E-state index contributed by atoms with van der Waals surface area (Å²) in [4.78, 5) is 16.0. The molecule has 262 valence electrons. The van der Waals surface area contributed by atoms with Gasteiger partial charge in [-0.15, -0.1) is 0 Å². The number of para-hydroxylation sites is 4. The lowest BCUT2D eigenvalue weighted by atomic mass is 9.96. The molecule has 0 bridgehead atoms. The van der Waals surface area contributed by atoms with Crippen LogP contribution in [0, 0.1) is 0 Å². The van der Waals surface area contributed by atoms with Gasteiger partial charge in [-0.2, -0.15) is 15.0 Å². The molecule has 0 aliphatic heterocycles. The van der Waals surface area contributed by atoms with Crippen LogP contribution in [-0.4, -0.2) is 24.1 Å². The van der Waals surface area contributed by atoms with Crippen molar-refractivity contribution in [3.8, 4) is 56.7 Å². The third-order valence-corrected chi connectivity index (χ3v) is 10.9. The summed E-state index contributed by atoms with van der Waals surface area (Å²) in [6, 6.07) is 70.4. The maximum Gasteiger partial charge on any atom is 0.240 e. The third kappa shape index (κ3) is 5.21. The smallest absolute Gasteiger partial charge is 0.240 e. The van der Waals surface area contributed by atoms with Gasteiger partial charge in [-0.3, -0.25) is 9.13 Å². The van der Waals surface area contributed by atoms with Crippen LogP contribution in [0.5, 0.6) is 0 Å². The van der Waals surface area contributed by atoms with Crippen molar-refractivity contribution >= 4 is 43.6 Å². The fraction of sp³-hybridized carbons (Fsp3) is 0. The monoisotopic (exact) mass is 715 g/mol. The molecule has 8 aromatic carbocycles. The van der Waals surface area contributed by atoms with E-state index in [1.54, 1.807) is 0 Å². The fourth-order valence-corrected chi connectivity index (χ4v) is 8.21. The van der Waals surface area contributed by atoms with Gasteiger partial charge in [-0.05, 0) is 57.6 Å². The minimum atomic E-state index is 0.563. The van der Waals surface area contributed by atoms with E-state index in [0.717, 1.165) is 65.9 Å². The second-order valence-electron chi connectivity index (χ2n) is 14.1. The first-order valence-corrected chi connectivity index (χ1v) is 18.9. The molecule has 0 saturated carbocycles. The molecule has 0 fully saturated rings. The molecule has 11 rings (SSSR count). The molecule has 0 aliphatic rings. The predicted octanol–water partition coefficient (Wildman–Crippen LogP) is 12.7. The van der Waals surface area contributed by atoms with E-state index >= 15 is 0 Å². The van der Waals surface area contributed by atoms with Gasteiger partial charge in [-0.25, -0.2) is 0 Å². The van der Waals surface area contributed by atoms with Crippen LogP contribution in [0.3, 0.4) is 0 Å². The largest absolute Gasteiger partial charge is 0.278 e. The second kappa shape index (κ2) is 13.0. The summed E-state index contributed by atoms with van der Waals surface area (Å²) in [6.45, 7) is 0. The summed E-state index contributed by atoms with van der Waals surface area (Å²) in [6.07, 6.45) is 0. The van der Waals surface area contributed by atoms with Crippen molar-refractivity contribution in [2.75, 3.05) is 0 Å². The van der Waals surface area contributed by atoms with Crippen LogP contribution >= 0.6 is 0 Å². The lowest BCUT2D eigenvalue weighted by Crippen LogP contribution is -2.10. The van der Waals surface area contributed by atoms with Gasteiger partial charge in [-0.1, -0.05) is 176 Å². The molecule has 5 heteroatoms. The summed E-state index contributed by atoms with van der Waals surface area (Å²) in [5.74, 6) is 1.73. The van der Waals surface area contributed by atoms with E-state index in [2.05, 4.69) is 203 Å². The molecule has 0 atom stereocenters. The minimum absolute atomic E-state index is 0.563. The van der Waals surface area contributed by atoms with Crippen molar-refractivity contribution in [2.24, 2.45) is 0 Å². The molecule has 0 radical (unpaired) electrons. The number of nitrogens with zero attached hydrogens (tertiary/aromatic N) is 5. The Balaban J connectivity index is 1.09. The zero-order chi connectivity index (χ0) is 37.0. The van der Waals surface area contributed by atoms with E-state index in [-0.39, 0.29) is 0 Å². The molecule has 3 aromatic heterocycles. The Morgan fingerprint density at radius 3 is 1.00 bits per heavy atom. The van der Waals surface area contributed by atoms with E-state index < -0.39 is 0 Å². The Hall–Kier alpha value is -7.63. The summed E-state index contributed by atoms with van der Waals surface area (Å²) < 4.78 is 4.35. The Bertz CT molecular complexity index is 2990. The van der Waals surface area contributed by atoms with Crippen LogP contribution in [0.25, 0.3) is 100 Å². The van der Waals surface area contributed by atoms with Crippen molar-refractivity contribution < 1.29 is 0 Å². The number of rotatable bonds is 6. The maximum atomic E-state index is 5.33. The molecule has 0 amide bonds. The highest BCUT2D eigenvalue weighted by atomic mass is 15.3. The Morgan fingerprint density at radius 2 is 0.571 bits per heavy atom. The van der Waals surface area contributed by atoms with Gasteiger partial charge < -0.3 is 0 Å². The molecule has 0 aliphatic carbocycles. The Kier molecular flexibility index (Phi) is 7.42. The zero-order valence-electron chi connectivity index (χ0n) is 30.3. The van der Waals surface area contributed by atoms with E-state index in [1.165, 1.54) is 16.7 Å². The SMILES string of the molecule is c1ccc(-c2ccc(-c3ccc(-c4ccccc4-c4nc(-n5c6ccccc6c6ccccc65)nc(-n5c6ccccc6c6ccccc65)n4)cc3)cc2)cc1. The molecule has 3 heterocycles. The van der Waals surface area contributed by atoms with Crippen molar-refractivity contribution in [2.45, 2.75) is 0 Å². The topological polar surface area (TPSA) is 48.5 Å².